The summed E-state index contributed by atoms with van der Waals surface area (Å²) in [6.07, 6.45) is 9.84. The molecule has 380 valence electrons. The van der Waals surface area contributed by atoms with Crippen LogP contribution in [0.25, 0.3) is 0 Å². The SMILES string of the molecule is COC(=O)/C=C/CC[C@H](NC(=O)c1cc([N+](=O)[O-])ccc1C(=O)O)C(=O)N[C@H](C(=O)N1C[C@H](OCc2ccccc2)C[C@H]1C(=O)N[C@H](C(=O)N[C@H](C(N)=O)C1CCCCC1)C1CCCCC1)C(C)(C)C. The number of amides is 6. The minimum Gasteiger partial charge on any atom is -0.478 e. The zero-order chi connectivity index (χ0) is 51.1. The highest BCUT2D eigenvalue weighted by Crippen LogP contribution is 2.32. The lowest BCUT2D eigenvalue weighted by Crippen LogP contribution is -2.62. The molecule has 20 nitrogen and oxygen atoms in total. The summed E-state index contributed by atoms with van der Waals surface area (Å²) < 4.78 is 10.9. The van der Waals surface area contributed by atoms with Gasteiger partial charge in [0, 0.05) is 31.2 Å². The van der Waals surface area contributed by atoms with Crippen LogP contribution >= 0.6 is 0 Å². The number of ether oxygens (including phenoxy) is 2. The maximum atomic E-state index is 15.1. The molecule has 6 atom stereocenters. The number of primary amides is 1. The Labute approximate surface area is 407 Å². The summed E-state index contributed by atoms with van der Waals surface area (Å²) in [6, 6.07) is 5.86. The van der Waals surface area contributed by atoms with Gasteiger partial charge in [-0.15, -0.1) is 0 Å². The average Bonchev–Trinajstić information content (AvgIpc) is 3.78. The zero-order valence-electron chi connectivity index (χ0n) is 40.3. The Hall–Kier alpha value is -6.70. The van der Waals surface area contributed by atoms with E-state index in [9.17, 15) is 48.8 Å². The number of likely N-dealkylation sites (tertiary alicyclic amines) is 1. The molecule has 3 aliphatic rings. The van der Waals surface area contributed by atoms with Gasteiger partial charge in [0.15, 0.2) is 0 Å². The van der Waals surface area contributed by atoms with Crippen LogP contribution in [0.2, 0.25) is 0 Å². The number of nitrogens with zero attached hydrogens (tertiary/aromatic N) is 2. The highest BCUT2D eigenvalue weighted by atomic mass is 16.6. The third kappa shape index (κ3) is 14.9. The fourth-order valence-electron chi connectivity index (χ4n) is 9.54. The average molecular weight is 974 g/mol. The van der Waals surface area contributed by atoms with Crippen molar-refractivity contribution in [3.8, 4) is 0 Å². The number of nitro benzene ring substituents is 1. The maximum Gasteiger partial charge on any atom is 0.336 e. The lowest BCUT2D eigenvalue weighted by Gasteiger charge is -2.37. The topological polar surface area (TPSA) is 296 Å². The first-order valence-electron chi connectivity index (χ1n) is 24.0. The third-order valence-corrected chi connectivity index (χ3v) is 13.4. The van der Waals surface area contributed by atoms with Gasteiger partial charge in [0.2, 0.25) is 29.5 Å². The number of carbonyl (C=O) groups excluding carboxylic acids is 7. The molecule has 0 spiro atoms. The van der Waals surface area contributed by atoms with Crippen molar-refractivity contribution in [3.05, 3.63) is 87.5 Å². The predicted octanol–water partition coefficient (Wildman–Crippen LogP) is 4.23. The Bertz CT molecular complexity index is 2250. The van der Waals surface area contributed by atoms with Gasteiger partial charge in [-0.3, -0.25) is 38.9 Å². The summed E-state index contributed by atoms with van der Waals surface area (Å²) >= 11 is 0. The number of nitrogens with one attached hydrogen (secondary N) is 4. The van der Waals surface area contributed by atoms with Crippen molar-refractivity contribution in [2.24, 2.45) is 23.0 Å². The number of nitrogens with two attached hydrogens (primary N) is 1. The molecule has 70 heavy (non-hydrogen) atoms. The fourth-order valence-corrected chi connectivity index (χ4v) is 9.54. The number of hydrogen-bond acceptors (Lipinski definition) is 12. The lowest BCUT2D eigenvalue weighted by atomic mass is 9.81. The number of benzene rings is 2. The molecule has 0 aromatic heterocycles. The van der Waals surface area contributed by atoms with Gasteiger partial charge in [0.05, 0.1) is 35.9 Å². The van der Waals surface area contributed by atoms with Crippen molar-refractivity contribution in [2.75, 3.05) is 13.7 Å². The molecule has 2 aromatic rings. The van der Waals surface area contributed by atoms with Crippen molar-refractivity contribution < 1.29 is 57.9 Å². The van der Waals surface area contributed by atoms with Crippen molar-refractivity contribution in [1.82, 2.24) is 26.2 Å². The second-order valence-corrected chi connectivity index (χ2v) is 19.5. The molecule has 7 N–H and O–H groups in total. The number of nitro groups is 1. The van der Waals surface area contributed by atoms with Gasteiger partial charge in [-0.1, -0.05) is 95.7 Å². The van der Waals surface area contributed by atoms with Crippen molar-refractivity contribution in [3.63, 3.8) is 0 Å². The van der Waals surface area contributed by atoms with Crippen LogP contribution in [-0.4, -0.2) is 112 Å². The van der Waals surface area contributed by atoms with E-state index in [2.05, 4.69) is 26.0 Å². The van der Waals surface area contributed by atoms with Crippen LogP contribution in [0.15, 0.2) is 60.7 Å². The number of carbonyl (C=O) groups is 8. The zero-order valence-corrected chi connectivity index (χ0v) is 40.3. The first kappa shape index (κ1) is 54.2. The standard InChI is InChI=1S/C50H67N7O13/c1-50(2,3)42(55-45(61)37(22-14-15-23-39(58)69-4)52-44(60)36-26-33(57(67)68)24-25-35(36)49(65)66)48(64)56-28-34(70-29-30-16-8-5-9-17-30)27-38(56)46(62)54-41(32-20-12-7-13-21-32)47(63)53-40(43(51)59)31-18-10-6-11-19-31/h5,8-9,15-17,23-26,31-32,34,37-38,40-42H,6-7,10-14,18-22,27-29H2,1-4H3,(H2,51,59)(H,52,60)(H,53,63)(H,54,62)(H,55,61)(H,65,66)/b23-15+/t34-,37+,38+,40+,41+,42-/m1/s1. The Kier molecular flexibility index (Phi) is 19.6. The molecule has 2 aliphatic carbocycles. The van der Waals surface area contributed by atoms with E-state index in [0.717, 1.165) is 81.2 Å². The summed E-state index contributed by atoms with van der Waals surface area (Å²) in [5.41, 5.74) is 3.91. The van der Waals surface area contributed by atoms with Gasteiger partial charge in [-0.2, -0.15) is 0 Å². The monoisotopic (exact) mass is 973 g/mol. The number of methoxy groups -OCH3 is 1. The second-order valence-electron chi connectivity index (χ2n) is 19.5. The molecule has 3 fully saturated rings. The lowest BCUT2D eigenvalue weighted by molar-refractivity contribution is -0.384. The first-order valence-corrected chi connectivity index (χ1v) is 24.0. The normalized spacial score (nSPS) is 19.5. The van der Waals surface area contributed by atoms with Crippen LogP contribution in [0.1, 0.15) is 131 Å². The number of carboxylic acid groups (broad SMARTS) is 1. The molecular formula is C50H67N7O13. The quantitative estimate of drug-likeness (QED) is 0.0442. The Morgan fingerprint density at radius 3 is 2.04 bits per heavy atom. The maximum absolute atomic E-state index is 15.1. The smallest absolute Gasteiger partial charge is 0.336 e. The van der Waals surface area contributed by atoms with E-state index in [1.165, 1.54) is 18.1 Å². The summed E-state index contributed by atoms with van der Waals surface area (Å²) in [5, 5.41) is 32.5. The minimum atomic E-state index is -1.56. The van der Waals surface area contributed by atoms with Crippen LogP contribution in [0, 0.1) is 27.4 Å². The highest BCUT2D eigenvalue weighted by molar-refractivity contribution is 6.07. The highest BCUT2D eigenvalue weighted by Gasteiger charge is 2.47. The molecule has 5 rings (SSSR count). The molecule has 2 saturated carbocycles. The van der Waals surface area contributed by atoms with Gasteiger partial charge in [0.1, 0.15) is 30.2 Å². The van der Waals surface area contributed by atoms with Crippen LogP contribution in [0.3, 0.4) is 0 Å². The van der Waals surface area contributed by atoms with E-state index < -0.39 is 111 Å². The molecular weight excluding hydrogens is 907 g/mol. The molecule has 0 bridgehead atoms. The predicted molar refractivity (Wildman–Crippen MR) is 254 cm³/mol. The Morgan fingerprint density at radius 2 is 1.47 bits per heavy atom. The Morgan fingerprint density at radius 1 is 0.843 bits per heavy atom. The molecule has 20 heteroatoms. The minimum absolute atomic E-state index is 0.00624. The summed E-state index contributed by atoms with van der Waals surface area (Å²) in [7, 11) is 1.17. The molecule has 0 radical (unpaired) electrons. The summed E-state index contributed by atoms with van der Waals surface area (Å²) in [5.74, 6) is -7.19. The first-order chi connectivity index (χ1) is 33.3. The number of hydrogen-bond donors (Lipinski definition) is 6. The van der Waals surface area contributed by atoms with E-state index in [1.807, 2.05) is 30.3 Å². The van der Waals surface area contributed by atoms with Gasteiger partial charge in [0.25, 0.3) is 11.6 Å². The molecule has 6 amide bonds. The van der Waals surface area contributed by atoms with E-state index in [1.54, 1.807) is 20.8 Å². The van der Waals surface area contributed by atoms with Gasteiger partial charge in [-0.05, 0) is 67.4 Å². The number of allylic oxidation sites excluding steroid dienone is 1. The fraction of sp³-hybridized carbons (Fsp3) is 0.560. The van der Waals surface area contributed by atoms with Crippen LogP contribution in [0.4, 0.5) is 5.69 Å². The molecule has 1 saturated heterocycles. The van der Waals surface area contributed by atoms with Gasteiger partial charge < -0.3 is 46.5 Å². The number of non-ortho nitro benzene ring substituents is 1. The van der Waals surface area contributed by atoms with Crippen LogP contribution < -0.4 is 27.0 Å². The van der Waals surface area contributed by atoms with E-state index in [4.69, 9.17) is 10.5 Å². The molecule has 2 aromatic carbocycles. The molecule has 1 aliphatic heterocycles. The number of esters is 1. The number of aromatic carboxylic acids is 1. The number of carboxylic acids is 1. The van der Waals surface area contributed by atoms with Crippen molar-refractivity contribution in [1.29, 1.82) is 0 Å². The molecule has 0 unspecified atom stereocenters. The summed E-state index contributed by atoms with van der Waals surface area (Å²) in [4.78, 5) is 121. The largest absolute Gasteiger partial charge is 0.478 e. The summed E-state index contributed by atoms with van der Waals surface area (Å²) in [6.45, 7) is 5.13. The second kappa shape index (κ2) is 25.2. The Balaban J connectivity index is 1.45. The van der Waals surface area contributed by atoms with Gasteiger partial charge in [-0.25, -0.2) is 9.59 Å². The number of rotatable bonds is 21. The van der Waals surface area contributed by atoms with E-state index in [-0.39, 0.29) is 44.2 Å². The van der Waals surface area contributed by atoms with Gasteiger partial charge >= 0.3 is 11.9 Å². The van der Waals surface area contributed by atoms with Crippen LogP contribution in [0.5, 0.6) is 0 Å². The van der Waals surface area contributed by atoms with Crippen molar-refractivity contribution >= 4 is 53.1 Å². The third-order valence-electron chi connectivity index (χ3n) is 13.4. The van der Waals surface area contributed by atoms with Crippen LogP contribution in [-0.2, 0) is 44.8 Å². The van der Waals surface area contributed by atoms with Crippen molar-refractivity contribution in [2.45, 2.75) is 147 Å². The molecule has 1 heterocycles. The van der Waals surface area contributed by atoms with E-state index in [0.29, 0.717) is 12.8 Å². The van der Waals surface area contributed by atoms with E-state index >= 15 is 4.79 Å².